The molecule has 0 saturated heterocycles. The summed E-state index contributed by atoms with van der Waals surface area (Å²) in [6.07, 6.45) is 11.0. The third kappa shape index (κ3) is 15.0. The maximum Gasteiger partial charge on any atom is 0.304 e. The van der Waals surface area contributed by atoms with Crippen molar-refractivity contribution in [3.8, 4) is 0 Å². The zero-order valence-electron chi connectivity index (χ0n) is 14.4. The van der Waals surface area contributed by atoms with Gasteiger partial charge in [-0.1, -0.05) is 34.9 Å². The number of hydroxylamine groups is 1. The van der Waals surface area contributed by atoms with E-state index in [1.165, 1.54) is 16.7 Å². The van der Waals surface area contributed by atoms with Crippen LogP contribution in [0.4, 0.5) is 0 Å². The molecule has 0 aliphatic carbocycles. The van der Waals surface area contributed by atoms with Gasteiger partial charge in [0.1, 0.15) is 0 Å². The number of nitrogens with one attached hydrogen (secondary N) is 1. The van der Waals surface area contributed by atoms with Gasteiger partial charge in [0.05, 0.1) is 13.0 Å². The third-order valence-corrected chi connectivity index (χ3v) is 3.18. The molecule has 126 valence electrons. The van der Waals surface area contributed by atoms with Crippen molar-refractivity contribution in [3.63, 3.8) is 0 Å². The van der Waals surface area contributed by atoms with Crippen LogP contribution in [0.5, 0.6) is 0 Å². The molecule has 4 nitrogen and oxygen atoms in total. The van der Waals surface area contributed by atoms with Crippen LogP contribution in [-0.4, -0.2) is 24.2 Å². The Morgan fingerprint density at radius 3 is 2.14 bits per heavy atom. The minimum absolute atomic E-state index is 0.0690. The molecule has 0 amide bonds. The first-order chi connectivity index (χ1) is 10.4. The SMILES string of the molecule is CC(C)=CCCC(C)=CCCC(C)=CCONCCC(=O)O. The lowest BCUT2D eigenvalue weighted by Gasteiger charge is -2.03. The molecular formula is C18H31NO3. The van der Waals surface area contributed by atoms with Crippen LogP contribution in [0, 0.1) is 0 Å². The molecule has 0 heterocycles. The molecule has 0 bridgehead atoms. The van der Waals surface area contributed by atoms with Crippen molar-refractivity contribution < 1.29 is 14.7 Å². The van der Waals surface area contributed by atoms with Crippen molar-refractivity contribution in [3.05, 3.63) is 34.9 Å². The van der Waals surface area contributed by atoms with E-state index in [4.69, 9.17) is 9.94 Å². The van der Waals surface area contributed by atoms with E-state index in [-0.39, 0.29) is 6.42 Å². The first-order valence-electron chi connectivity index (χ1n) is 7.93. The van der Waals surface area contributed by atoms with Crippen LogP contribution in [0.15, 0.2) is 34.9 Å². The van der Waals surface area contributed by atoms with E-state index < -0.39 is 5.97 Å². The first-order valence-corrected chi connectivity index (χ1v) is 7.93. The summed E-state index contributed by atoms with van der Waals surface area (Å²) in [5, 5.41) is 8.47. The van der Waals surface area contributed by atoms with Gasteiger partial charge < -0.3 is 5.11 Å². The Balaban J connectivity index is 3.73. The summed E-state index contributed by atoms with van der Waals surface area (Å²) in [4.78, 5) is 15.4. The molecule has 0 aliphatic heterocycles. The van der Waals surface area contributed by atoms with E-state index in [0.29, 0.717) is 13.2 Å². The van der Waals surface area contributed by atoms with Gasteiger partial charge in [-0.2, -0.15) is 0 Å². The Kier molecular flexibility index (Phi) is 12.4. The van der Waals surface area contributed by atoms with E-state index in [9.17, 15) is 4.79 Å². The summed E-state index contributed by atoms with van der Waals surface area (Å²) in [6.45, 7) is 9.34. The Hall–Kier alpha value is -1.39. The van der Waals surface area contributed by atoms with E-state index in [0.717, 1.165) is 25.7 Å². The highest BCUT2D eigenvalue weighted by Crippen LogP contribution is 2.11. The van der Waals surface area contributed by atoms with Gasteiger partial charge in [-0.3, -0.25) is 9.63 Å². The highest BCUT2D eigenvalue weighted by Gasteiger charge is 1.95. The normalized spacial score (nSPS) is 12.4. The van der Waals surface area contributed by atoms with Crippen molar-refractivity contribution in [2.24, 2.45) is 0 Å². The van der Waals surface area contributed by atoms with E-state index in [2.05, 4.69) is 45.3 Å². The number of carbonyl (C=O) groups is 1. The summed E-state index contributed by atoms with van der Waals surface area (Å²) in [6, 6.07) is 0. The Morgan fingerprint density at radius 1 is 0.955 bits per heavy atom. The molecule has 0 rings (SSSR count). The second-order valence-electron chi connectivity index (χ2n) is 5.81. The molecule has 22 heavy (non-hydrogen) atoms. The van der Waals surface area contributed by atoms with Crippen LogP contribution in [0.2, 0.25) is 0 Å². The van der Waals surface area contributed by atoms with Crippen molar-refractivity contribution in [1.82, 2.24) is 5.48 Å². The lowest BCUT2D eigenvalue weighted by molar-refractivity contribution is -0.137. The predicted molar refractivity (Wildman–Crippen MR) is 91.6 cm³/mol. The molecule has 0 aromatic heterocycles. The second kappa shape index (κ2) is 13.3. The standard InChI is InChI=1S/C18H31NO3/c1-15(2)7-5-8-16(3)9-6-10-17(4)12-14-22-19-13-11-18(20)21/h7,9,12,19H,5-6,8,10-11,13-14H2,1-4H3,(H,20,21). The predicted octanol–water partition coefficient (Wildman–Crippen LogP) is 4.40. The van der Waals surface area contributed by atoms with Gasteiger partial charge in [-0.05, 0) is 53.4 Å². The molecular weight excluding hydrogens is 278 g/mol. The lowest BCUT2D eigenvalue weighted by atomic mass is 10.1. The summed E-state index contributed by atoms with van der Waals surface area (Å²) in [5.41, 5.74) is 6.74. The molecule has 0 saturated carbocycles. The van der Waals surface area contributed by atoms with Gasteiger partial charge in [0.25, 0.3) is 0 Å². The third-order valence-electron chi connectivity index (χ3n) is 3.18. The van der Waals surface area contributed by atoms with Crippen LogP contribution in [-0.2, 0) is 9.63 Å². The van der Waals surface area contributed by atoms with Crippen molar-refractivity contribution in [1.29, 1.82) is 0 Å². The van der Waals surface area contributed by atoms with Gasteiger partial charge in [0.2, 0.25) is 0 Å². The number of hydrogen-bond donors (Lipinski definition) is 2. The zero-order chi connectivity index (χ0) is 16.8. The molecule has 0 aliphatic rings. The minimum atomic E-state index is -0.824. The number of carboxylic acids is 1. The Morgan fingerprint density at radius 2 is 1.55 bits per heavy atom. The molecule has 4 heteroatoms. The number of allylic oxidation sites excluding steroid dienone is 5. The van der Waals surface area contributed by atoms with Crippen molar-refractivity contribution >= 4 is 5.97 Å². The van der Waals surface area contributed by atoms with Gasteiger partial charge in [-0.15, -0.1) is 0 Å². The number of carboxylic acid groups (broad SMARTS) is 1. The monoisotopic (exact) mass is 309 g/mol. The summed E-state index contributed by atoms with van der Waals surface area (Å²) in [7, 11) is 0. The maximum absolute atomic E-state index is 10.3. The summed E-state index contributed by atoms with van der Waals surface area (Å²) >= 11 is 0. The molecule has 0 aromatic carbocycles. The van der Waals surface area contributed by atoms with Crippen LogP contribution in [0.3, 0.4) is 0 Å². The van der Waals surface area contributed by atoms with Gasteiger partial charge >= 0.3 is 5.97 Å². The fourth-order valence-corrected chi connectivity index (χ4v) is 1.81. The smallest absolute Gasteiger partial charge is 0.304 e. The van der Waals surface area contributed by atoms with Gasteiger partial charge in [-0.25, -0.2) is 5.48 Å². The molecule has 0 spiro atoms. The number of aliphatic carboxylic acids is 1. The topological polar surface area (TPSA) is 58.6 Å². The van der Waals surface area contributed by atoms with E-state index in [1.807, 2.05) is 6.08 Å². The molecule has 2 N–H and O–H groups in total. The van der Waals surface area contributed by atoms with Crippen LogP contribution in [0.25, 0.3) is 0 Å². The molecule has 0 fully saturated rings. The lowest BCUT2D eigenvalue weighted by Crippen LogP contribution is -2.18. The molecule has 0 unspecified atom stereocenters. The highest BCUT2D eigenvalue weighted by molar-refractivity contribution is 5.66. The fourth-order valence-electron chi connectivity index (χ4n) is 1.81. The average molecular weight is 309 g/mol. The Labute approximate surface area is 134 Å². The fraction of sp³-hybridized carbons (Fsp3) is 0.611. The minimum Gasteiger partial charge on any atom is -0.481 e. The van der Waals surface area contributed by atoms with Gasteiger partial charge in [0.15, 0.2) is 0 Å². The molecule has 0 atom stereocenters. The Bertz CT molecular complexity index is 405. The van der Waals surface area contributed by atoms with Crippen LogP contribution >= 0.6 is 0 Å². The molecule has 0 aromatic rings. The number of hydrogen-bond acceptors (Lipinski definition) is 3. The first kappa shape index (κ1) is 20.6. The molecule has 0 radical (unpaired) electrons. The van der Waals surface area contributed by atoms with Crippen LogP contribution < -0.4 is 5.48 Å². The van der Waals surface area contributed by atoms with Crippen molar-refractivity contribution in [2.45, 2.75) is 59.8 Å². The maximum atomic E-state index is 10.3. The van der Waals surface area contributed by atoms with E-state index >= 15 is 0 Å². The van der Waals surface area contributed by atoms with Gasteiger partial charge in [0, 0.05) is 6.54 Å². The van der Waals surface area contributed by atoms with Crippen LogP contribution in [0.1, 0.15) is 59.8 Å². The highest BCUT2D eigenvalue weighted by atomic mass is 16.6. The quantitative estimate of drug-likeness (QED) is 0.319. The second-order valence-corrected chi connectivity index (χ2v) is 5.81. The largest absolute Gasteiger partial charge is 0.481 e. The summed E-state index contributed by atoms with van der Waals surface area (Å²) < 4.78 is 0. The van der Waals surface area contributed by atoms with Crippen molar-refractivity contribution in [2.75, 3.05) is 13.2 Å². The zero-order valence-corrected chi connectivity index (χ0v) is 14.4. The van der Waals surface area contributed by atoms with E-state index in [1.54, 1.807) is 0 Å². The number of rotatable bonds is 12. The summed E-state index contributed by atoms with van der Waals surface area (Å²) in [5.74, 6) is -0.824. The average Bonchev–Trinajstić information content (AvgIpc) is 2.42.